The number of hydrogen-bond acceptors (Lipinski definition) is 3. The first kappa shape index (κ1) is 14.1. The summed E-state index contributed by atoms with van der Waals surface area (Å²) in [5.74, 6) is -0.329. The third-order valence-electron chi connectivity index (χ3n) is 3.06. The summed E-state index contributed by atoms with van der Waals surface area (Å²) in [6.07, 6.45) is 2.58. The molecule has 1 aromatic carbocycles. The molecule has 1 N–H and O–H groups in total. The zero-order valence-corrected chi connectivity index (χ0v) is 12.1. The lowest BCUT2D eigenvalue weighted by molar-refractivity contribution is -0.118. The molecule has 0 saturated carbocycles. The van der Waals surface area contributed by atoms with Crippen molar-refractivity contribution in [2.45, 2.75) is 32.7 Å². The maximum absolute atomic E-state index is 12.1. The van der Waals surface area contributed by atoms with Crippen LogP contribution in [0.5, 0.6) is 0 Å². The molecule has 4 heteroatoms. The highest BCUT2D eigenvalue weighted by atomic mass is 16.1. The summed E-state index contributed by atoms with van der Waals surface area (Å²) in [6, 6.07) is 10.0. The molecule has 0 aliphatic carbocycles. The molecule has 0 spiro atoms. The number of nitriles is 1. The van der Waals surface area contributed by atoms with Gasteiger partial charge in [0.2, 0.25) is 0 Å². The van der Waals surface area contributed by atoms with E-state index in [-0.39, 0.29) is 17.0 Å². The molecule has 2 rings (SSSR count). The minimum absolute atomic E-state index is 0.136. The standard InChI is InChI=1S/C16H19N3O/c1-16(2,3)18-15(20)13(10-17)11-19-9-8-12-6-4-5-7-14(12)19/h4-7,11H,8-9H2,1-3H3,(H,18,20)/b13-11-. The number of carbonyl (C=O) groups is 1. The maximum atomic E-state index is 12.1. The lowest BCUT2D eigenvalue weighted by atomic mass is 10.1. The molecule has 20 heavy (non-hydrogen) atoms. The minimum Gasteiger partial charge on any atom is -0.347 e. The van der Waals surface area contributed by atoms with Crippen molar-refractivity contribution in [3.63, 3.8) is 0 Å². The second-order valence-corrected chi connectivity index (χ2v) is 5.93. The van der Waals surface area contributed by atoms with E-state index in [0.717, 1.165) is 18.7 Å². The van der Waals surface area contributed by atoms with E-state index in [9.17, 15) is 10.1 Å². The molecule has 0 bridgehead atoms. The molecule has 1 aliphatic rings. The number of benzene rings is 1. The SMILES string of the molecule is CC(C)(C)NC(=O)/C(C#N)=C\N1CCc2ccccc21. The van der Waals surface area contributed by atoms with E-state index >= 15 is 0 Å². The smallest absolute Gasteiger partial charge is 0.263 e. The molecule has 0 saturated heterocycles. The summed E-state index contributed by atoms with van der Waals surface area (Å²) in [6.45, 7) is 6.48. The third-order valence-corrected chi connectivity index (χ3v) is 3.06. The van der Waals surface area contributed by atoms with Crippen molar-refractivity contribution in [1.29, 1.82) is 5.26 Å². The fourth-order valence-electron chi connectivity index (χ4n) is 2.20. The van der Waals surface area contributed by atoms with Crippen LogP contribution in [0.15, 0.2) is 36.0 Å². The quantitative estimate of drug-likeness (QED) is 0.662. The van der Waals surface area contributed by atoms with Gasteiger partial charge in [-0.25, -0.2) is 0 Å². The first-order valence-electron chi connectivity index (χ1n) is 6.70. The number of nitrogens with one attached hydrogen (secondary N) is 1. The van der Waals surface area contributed by atoms with Gasteiger partial charge in [0.05, 0.1) is 0 Å². The fourth-order valence-corrected chi connectivity index (χ4v) is 2.20. The van der Waals surface area contributed by atoms with E-state index < -0.39 is 0 Å². The molecule has 0 aromatic heterocycles. The first-order chi connectivity index (χ1) is 9.40. The summed E-state index contributed by atoms with van der Waals surface area (Å²) in [4.78, 5) is 14.0. The lowest BCUT2D eigenvalue weighted by Crippen LogP contribution is -2.41. The normalized spacial score (nSPS) is 14.7. The highest BCUT2D eigenvalue weighted by Crippen LogP contribution is 2.28. The van der Waals surface area contributed by atoms with Crippen LogP contribution in [0, 0.1) is 11.3 Å². The van der Waals surface area contributed by atoms with Crippen LogP contribution >= 0.6 is 0 Å². The Morgan fingerprint density at radius 3 is 2.75 bits per heavy atom. The summed E-state index contributed by atoms with van der Waals surface area (Å²) in [5.41, 5.74) is 2.10. The van der Waals surface area contributed by atoms with Gasteiger partial charge in [0, 0.05) is 24.0 Å². The van der Waals surface area contributed by atoms with Crippen LogP contribution in [-0.4, -0.2) is 18.0 Å². The largest absolute Gasteiger partial charge is 0.347 e. The Bertz CT molecular complexity index is 590. The number of carbonyl (C=O) groups excluding carboxylic acids is 1. The molecular formula is C16H19N3O. The Hall–Kier alpha value is -2.28. The van der Waals surface area contributed by atoms with Crippen molar-refractivity contribution in [3.8, 4) is 6.07 Å². The number of para-hydroxylation sites is 1. The van der Waals surface area contributed by atoms with Gasteiger partial charge in [-0.2, -0.15) is 5.26 Å². The zero-order valence-electron chi connectivity index (χ0n) is 12.1. The van der Waals surface area contributed by atoms with Gasteiger partial charge in [0.25, 0.3) is 5.91 Å². The van der Waals surface area contributed by atoms with Gasteiger partial charge >= 0.3 is 0 Å². The summed E-state index contributed by atoms with van der Waals surface area (Å²) in [7, 11) is 0. The third kappa shape index (κ3) is 3.18. The van der Waals surface area contributed by atoms with Gasteiger partial charge < -0.3 is 10.2 Å². The number of nitrogens with zero attached hydrogens (tertiary/aromatic N) is 2. The molecule has 4 nitrogen and oxygen atoms in total. The van der Waals surface area contributed by atoms with Crippen molar-refractivity contribution >= 4 is 11.6 Å². The number of rotatable bonds is 2. The van der Waals surface area contributed by atoms with E-state index in [2.05, 4.69) is 11.4 Å². The number of anilines is 1. The maximum Gasteiger partial charge on any atom is 0.263 e. The molecule has 0 fully saturated rings. The van der Waals surface area contributed by atoms with Crippen LogP contribution in [0.25, 0.3) is 0 Å². The van der Waals surface area contributed by atoms with E-state index in [1.165, 1.54) is 5.56 Å². The van der Waals surface area contributed by atoms with Gasteiger partial charge in [-0.05, 0) is 38.8 Å². The molecule has 1 amide bonds. The van der Waals surface area contributed by atoms with Gasteiger partial charge in [-0.1, -0.05) is 18.2 Å². The molecule has 0 atom stereocenters. The number of fused-ring (bicyclic) bond motifs is 1. The first-order valence-corrected chi connectivity index (χ1v) is 6.70. The minimum atomic E-state index is -0.351. The summed E-state index contributed by atoms with van der Waals surface area (Å²) >= 11 is 0. The van der Waals surface area contributed by atoms with Gasteiger partial charge in [0.1, 0.15) is 11.6 Å². The van der Waals surface area contributed by atoms with Gasteiger partial charge in [-0.15, -0.1) is 0 Å². The molecule has 1 heterocycles. The Labute approximate surface area is 119 Å². The van der Waals surface area contributed by atoms with Crippen LogP contribution in [0.2, 0.25) is 0 Å². The molecule has 1 aromatic rings. The fraction of sp³-hybridized carbons (Fsp3) is 0.375. The molecule has 104 valence electrons. The zero-order chi connectivity index (χ0) is 14.8. The van der Waals surface area contributed by atoms with Crippen molar-refractivity contribution < 1.29 is 4.79 Å². The predicted molar refractivity (Wildman–Crippen MR) is 79.1 cm³/mol. The van der Waals surface area contributed by atoms with Gasteiger partial charge in [-0.3, -0.25) is 4.79 Å². The van der Waals surface area contributed by atoms with Crippen molar-refractivity contribution in [1.82, 2.24) is 5.32 Å². The van der Waals surface area contributed by atoms with Crippen LogP contribution in [0.1, 0.15) is 26.3 Å². The monoisotopic (exact) mass is 269 g/mol. The van der Waals surface area contributed by atoms with Crippen molar-refractivity contribution in [2.24, 2.45) is 0 Å². The number of hydrogen-bond donors (Lipinski definition) is 1. The Morgan fingerprint density at radius 1 is 1.40 bits per heavy atom. The lowest BCUT2D eigenvalue weighted by Gasteiger charge is -2.21. The molecular weight excluding hydrogens is 250 g/mol. The average molecular weight is 269 g/mol. The van der Waals surface area contributed by atoms with E-state index in [1.54, 1.807) is 6.20 Å². The second kappa shape index (κ2) is 5.38. The summed E-state index contributed by atoms with van der Waals surface area (Å²) < 4.78 is 0. The number of amides is 1. The highest BCUT2D eigenvalue weighted by molar-refractivity contribution is 5.98. The highest BCUT2D eigenvalue weighted by Gasteiger charge is 2.21. The van der Waals surface area contributed by atoms with Crippen molar-refractivity contribution in [2.75, 3.05) is 11.4 Å². The van der Waals surface area contributed by atoms with E-state index in [4.69, 9.17) is 0 Å². The molecule has 0 unspecified atom stereocenters. The summed E-state index contributed by atoms with van der Waals surface area (Å²) in [5, 5.41) is 12.0. The van der Waals surface area contributed by atoms with Crippen molar-refractivity contribution in [3.05, 3.63) is 41.6 Å². The van der Waals surface area contributed by atoms with Crippen LogP contribution in [-0.2, 0) is 11.2 Å². The van der Waals surface area contributed by atoms with Gasteiger partial charge in [0.15, 0.2) is 0 Å². The Balaban J connectivity index is 2.22. The van der Waals surface area contributed by atoms with Crippen LogP contribution < -0.4 is 10.2 Å². The van der Waals surface area contributed by atoms with E-state index in [1.807, 2.05) is 49.9 Å². The molecule has 0 radical (unpaired) electrons. The Morgan fingerprint density at radius 2 is 2.10 bits per heavy atom. The average Bonchev–Trinajstić information content (AvgIpc) is 2.77. The van der Waals surface area contributed by atoms with Crippen LogP contribution in [0.4, 0.5) is 5.69 Å². The Kier molecular flexibility index (Phi) is 3.80. The molecule has 1 aliphatic heterocycles. The second-order valence-electron chi connectivity index (χ2n) is 5.93. The topological polar surface area (TPSA) is 56.1 Å². The van der Waals surface area contributed by atoms with Crippen LogP contribution in [0.3, 0.4) is 0 Å². The predicted octanol–water partition coefficient (Wildman–Crippen LogP) is 2.37. The van der Waals surface area contributed by atoms with E-state index in [0.29, 0.717) is 0 Å².